The molecule has 0 fully saturated rings. The van der Waals surface area contributed by atoms with E-state index in [2.05, 4.69) is 11.9 Å². The maximum atomic E-state index is 14.0. The van der Waals surface area contributed by atoms with E-state index in [4.69, 9.17) is 9.15 Å². The molecule has 1 N–H and O–H groups in total. The Balaban J connectivity index is 1.73. The van der Waals surface area contributed by atoms with Crippen LogP contribution in [0.25, 0.3) is 6.08 Å². The number of aromatic nitrogens is 1. The fourth-order valence-electron chi connectivity index (χ4n) is 3.90. The van der Waals surface area contributed by atoms with E-state index in [1.54, 1.807) is 12.1 Å². The number of benzene rings is 1. The molecular weight excluding hydrogens is 446 g/mol. The Labute approximate surface area is 197 Å². The molecule has 1 aromatic carbocycles. The number of hydrogen-bond acceptors (Lipinski definition) is 5. The van der Waals surface area contributed by atoms with E-state index < -0.39 is 30.3 Å². The van der Waals surface area contributed by atoms with Crippen molar-refractivity contribution in [3.05, 3.63) is 52.7 Å². The lowest BCUT2D eigenvalue weighted by Gasteiger charge is -2.36. The minimum Gasteiger partial charge on any atom is -0.493 e. The predicted molar refractivity (Wildman–Crippen MR) is 122 cm³/mol. The summed E-state index contributed by atoms with van der Waals surface area (Å²) in [5.41, 5.74) is 1.74. The Bertz CT molecular complexity index is 1060. The van der Waals surface area contributed by atoms with Crippen LogP contribution in [-0.2, 0) is 22.4 Å². The van der Waals surface area contributed by atoms with E-state index in [9.17, 15) is 23.5 Å². The van der Waals surface area contributed by atoms with Gasteiger partial charge in [0.2, 0.25) is 5.89 Å². The lowest BCUT2D eigenvalue weighted by Crippen LogP contribution is -2.50. The number of oxazole rings is 1. The highest BCUT2D eigenvalue weighted by atomic mass is 19.3. The van der Waals surface area contributed by atoms with Crippen molar-refractivity contribution < 1.29 is 32.6 Å². The van der Waals surface area contributed by atoms with E-state index in [0.717, 1.165) is 23.4 Å². The van der Waals surface area contributed by atoms with Gasteiger partial charge in [0.15, 0.2) is 6.04 Å². The van der Waals surface area contributed by atoms with Crippen LogP contribution in [0, 0.1) is 6.92 Å². The average Bonchev–Trinajstić information content (AvgIpc) is 3.16. The summed E-state index contributed by atoms with van der Waals surface area (Å²) in [6.07, 6.45) is 5.89. The van der Waals surface area contributed by atoms with Gasteiger partial charge in [-0.15, -0.1) is 0 Å². The van der Waals surface area contributed by atoms with Crippen molar-refractivity contribution >= 4 is 18.0 Å². The van der Waals surface area contributed by atoms with Crippen molar-refractivity contribution in [2.24, 2.45) is 0 Å². The Morgan fingerprint density at radius 1 is 1.35 bits per heavy atom. The minimum atomic E-state index is -3.61. The number of carbonyl (C=O) groups is 2. The number of carboxylic acid groups (broad SMARTS) is 1. The quantitative estimate of drug-likeness (QED) is 0.520. The molecule has 0 saturated heterocycles. The summed E-state index contributed by atoms with van der Waals surface area (Å²) in [6, 6.07) is 3.46. The average molecular weight is 477 g/mol. The second kappa shape index (κ2) is 10.8. The summed E-state index contributed by atoms with van der Waals surface area (Å²) in [6.45, 7) is 5.28. The van der Waals surface area contributed by atoms with Gasteiger partial charge < -0.3 is 19.2 Å². The third-order valence-corrected chi connectivity index (χ3v) is 5.83. The topological polar surface area (TPSA) is 92.9 Å². The predicted octanol–water partition coefficient (Wildman–Crippen LogP) is 4.97. The molecule has 0 saturated carbocycles. The third-order valence-electron chi connectivity index (χ3n) is 5.83. The normalized spacial score (nSPS) is 16.0. The first-order valence-electron chi connectivity index (χ1n) is 11.5. The Morgan fingerprint density at radius 3 is 2.79 bits per heavy atom. The largest absolute Gasteiger partial charge is 0.493 e. The monoisotopic (exact) mass is 476 g/mol. The van der Waals surface area contributed by atoms with Gasteiger partial charge >= 0.3 is 11.9 Å². The highest BCUT2D eigenvalue weighted by Crippen LogP contribution is 2.35. The fourth-order valence-corrected chi connectivity index (χ4v) is 3.90. The maximum absolute atomic E-state index is 14.0. The Hall–Kier alpha value is -3.23. The summed E-state index contributed by atoms with van der Waals surface area (Å²) in [4.78, 5) is 29.6. The number of aliphatic carboxylic acids is 1. The molecule has 0 spiro atoms. The molecule has 0 aliphatic carbocycles. The number of fused-ring (bicyclic) bond motifs is 1. The zero-order chi connectivity index (χ0) is 24.9. The van der Waals surface area contributed by atoms with Crippen LogP contribution in [0.15, 0.2) is 28.7 Å². The molecule has 1 unspecified atom stereocenters. The number of halogens is 2. The zero-order valence-electron chi connectivity index (χ0n) is 19.6. The second-order valence-corrected chi connectivity index (χ2v) is 8.25. The zero-order valence-corrected chi connectivity index (χ0v) is 19.6. The van der Waals surface area contributed by atoms with Gasteiger partial charge in [-0.2, -0.15) is 8.78 Å². The minimum absolute atomic E-state index is 0.0843. The lowest BCUT2D eigenvalue weighted by atomic mass is 9.91. The van der Waals surface area contributed by atoms with E-state index >= 15 is 0 Å². The molecule has 1 aliphatic heterocycles. The highest BCUT2D eigenvalue weighted by Gasteiger charge is 2.46. The number of carboxylic acids is 1. The van der Waals surface area contributed by atoms with E-state index in [0.29, 0.717) is 29.4 Å². The van der Waals surface area contributed by atoms with Gasteiger partial charge in [0.1, 0.15) is 11.5 Å². The van der Waals surface area contributed by atoms with Crippen LogP contribution >= 0.6 is 0 Å². The number of nitrogens with zero attached hydrogens (tertiary/aromatic N) is 2. The van der Waals surface area contributed by atoms with Crippen molar-refractivity contribution in [2.75, 3.05) is 13.2 Å². The van der Waals surface area contributed by atoms with Crippen LogP contribution in [0.3, 0.4) is 0 Å². The molecule has 34 heavy (non-hydrogen) atoms. The highest BCUT2D eigenvalue weighted by molar-refractivity contribution is 5.89. The van der Waals surface area contributed by atoms with Crippen LogP contribution in [0.1, 0.15) is 67.6 Å². The summed E-state index contributed by atoms with van der Waals surface area (Å²) < 4.78 is 39.5. The third kappa shape index (κ3) is 5.63. The molecule has 1 aromatic heterocycles. The molecule has 9 heteroatoms. The van der Waals surface area contributed by atoms with Gasteiger partial charge in [-0.3, -0.25) is 4.79 Å². The number of alkyl halides is 2. The van der Waals surface area contributed by atoms with Crippen LogP contribution in [0.4, 0.5) is 8.78 Å². The molecule has 0 radical (unpaired) electrons. The molecule has 7 nitrogen and oxygen atoms in total. The number of carbonyl (C=O) groups excluding carboxylic acids is 1. The first-order chi connectivity index (χ1) is 16.2. The first-order valence-corrected chi connectivity index (χ1v) is 11.5. The van der Waals surface area contributed by atoms with Crippen LogP contribution in [0.2, 0.25) is 0 Å². The van der Waals surface area contributed by atoms with Gasteiger partial charge in [-0.05, 0) is 49.1 Å². The number of ether oxygens (including phenoxy) is 1. The molecule has 184 valence electrons. The van der Waals surface area contributed by atoms with Crippen molar-refractivity contribution in [2.45, 2.75) is 64.8 Å². The molecule has 3 rings (SSSR count). The fraction of sp³-hybridized carbons (Fsp3) is 0.480. The smallest absolute Gasteiger partial charge is 0.331 e. The molecule has 1 atom stereocenters. The van der Waals surface area contributed by atoms with E-state index in [1.165, 1.54) is 13.0 Å². The molecule has 2 heterocycles. The summed E-state index contributed by atoms with van der Waals surface area (Å²) >= 11 is 0. The number of hydrogen-bond donors (Lipinski definition) is 1. The molecular formula is C25H30F2N2O5. The van der Waals surface area contributed by atoms with Gasteiger partial charge in [0.05, 0.1) is 12.3 Å². The molecule has 1 amide bonds. The Kier molecular flexibility index (Phi) is 8.06. The van der Waals surface area contributed by atoms with Gasteiger partial charge in [-0.1, -0.05) is 32.4 Å². The number of amides is 1. The summed E-state index contributed by atoms with van der Waals surface area (Å²) in [5.74, 6) is -4.82. The first kappa shape index (κ1) is 25.4. The number of unbranched alkanes of at least 4 members (excludes halogenated alkanes) is 1. The van der Waals surface area contributed by atoms with Crippen LogP contribution < -0.4 is 4.74 Å². The summed E-state index contributed by atoms with van der Waals surface area (Å²) in [7, 11) is 0. The van der Waals surface area contributed by atoms with Gasteiger partial charge in [0, 0.05) is 19.4 Å². The maximum Gasteiger partial charge on any atom is 0.331 e. The summed E-state index contributed by atoms with van der Waals surface area (Å²) in [5, 5.41) is 9.76. The molecule has 0 bridgehead atoms. The van der Waals surface area contributed by atoms with Crippen LogP contribution in [0.5, 0.6) is 5.75 Å². The standard InChI is InChI=1S/C25H30F2N2O5/c1-4-6-7-8-21-28-20(16(3)34-21)12-14-33-18-10-9-17-11-13-29(24(32)25(26,27)5-2)22(23(30)31)19(17)15-18/h7-10,15,22H,4-6,11-14H2,1-3H3,(H,30,31)/b8-7+. The van der Waals surface area contributed by atoms with Crippen molar-refractivity contribution in [1.29, 1.82) is 0 Å². The van der Waals surface area contributed by atoms with Crippen LogP contribution in [-0.4, -0.2) is 45.9 Å². The Morgan fingerprint density at radius 2 is 2.12 bits per heavy atom. The van der Waals surface area contributed by atoms with Crippen molar-refractivity contribution in [1.82, 2.24) is 9.88 Å². The van der Waals surface area contributed by atoms with Gasteiger partial charge in [-0.25, -0.2) is 9.78 Å². The second-order valence-electron chi connectivity index (χ2n) is 8.25. The SMILES string of the molecule is CCC/C=C/c1nc(CCOc2ccc3c(c2)C(C(=O)O)N(C(=O)C(F)(F)CC)CC3)c(C)o1. The number of rotatable bonds is 10. The van der Waals surface area contributed by atoms with E-state index in [1.807, 2.05) is 19.1 Å². The molecule has 1 aliphatic rings. The van der Waals surface area contributed by atoms with E-state index in [-0.39, 0.29) is 25.1 Å². The lowest BCUT2D eigenvalue weighted by molar-refractivity contribution is -0.167. The molecule has 2 aromatic rings. The number of aryl methyl sites for hydroxylation is 1. The van der Waals surface area contributed by atoms with Crippen molar-refractivity contribution in [3.8, 4) is 5.75 Å². The van der Waals surface area contributed by atoms with Gasteiger partial charge in [0.25, 0.3) is 5.91 Å². The number of allylic oxidation sites excluding steroid dienone is 1. The van der Waals surface area contributed by atoms with Crippen molar-refractivity contribution in [3.63, 3.8) is 0 Å².